The van der Waals surface area contributed by atoms with Crippen LogP contribution >= 0.6 is 85.9 Å². The number of para-hydroxylation sites is 6. The predicted octanol–water partition coefficient (Wildman–Crippen LogP) is 26.8. The van der Waals surface area contributed by atoms with Crippen molar-refractivity contribution in [3.63, 3.8) is 0 Å². The van der Waals surface area contributed by atoms with E-state index in [1.165, 1.54) is 110 Å². The van der Waals surface area contributed by atoms with Crippen LogP contribution < -0.4 is 76.4 Å². The maximum absolute atomic E-state index is 15.1. The Morgan fingerprint density at radius 2 is 0.725 bits per heavy atom. The Bertz CT molecular complexity index is 7760. The van der Waals surface area contributed by atoms with E-state index in [1.54, 1.807) is 37.2 Å². The first-order valence-electron chi connectivity index (χ1n) is 45.3. The number of nitrogens with one attached hydrogen (secondary N) is 1. The molecule has 0 bridgehead atoms. The molecular formula is C120H98Br4LiN8O2P3. The van der Waals surface area contributed by atoms with Gasteiger partial charge in [-0.25, -0.2) is 0 Å². The molecule has 0 radical (unpaired) electrons. The van der Waals surface area contributed by atoms with E-state index in [2.05, 4.69) is 399 Å². The molecule has 0 fully saturated rings. The van der Waals surface area contributed by atoms with E-state index >= 15 is 4.57 Å². The van der Waals surface area contributed by atoms with Gasteiger partial charge in [-0.1, -0.05) is 299 Å². The fraction of sp³-hybridized carbons (Fsp3) is 0.0833. The normalized spacial score (nSPS) is 13.4. The van der Waals surface area contributed by atoms with Crippen LogP contribution in [0.3, 0.4) is 0 Å². The molecule has 0 amide bonds. The van der Waals surface area contributed by atoms with Crippen molar-refractivity contribution in [2.45, 2.75) is 66.2 Å². The number of aryl methyl sites for hydroxylation is 4. The first kappa shape index (κ1) is 97.2. The summed E-state index contributed by atoms with van der Waals surface area (Å²) in [5, 5.41) is 13.6. The Morgan fingerprint density at radius 3 is 1.20 bits per heavy atom. The maximum Gasteiger partial charge on any atom is 1.00 e. The van der Waals surface area contributed by atoms with Crippen LogP contribution in [-0.2, 0) is 20.0 Å². The van der Waals surface area contributed by atoms with Crippen LogP contribution in [0.25, 0.3) is 49.3 Å². The molecule has 2 aliphatic rings. The number of halogens is 4. The standard InChI is InChI=1S/C45H36N3OP.C27H22N2.C18H15BrNOP.C18H15BrNP.C7H6Br.C5H4BrN.Li/c1-31-28-34(50(49,33-14-5-4-6-15-33)35-16-13-27-46-30-35)24-26-40(31)48-41-20-10-7-17-36(41)37-29-32(23-25-42(37)48)47-43-21-11-8-18-38(43)45(2,3)39-19-9-12-22-44(39)47;1-27(2)21-10-4-7-13-25(21)29(26-14-8-5-11-22(26)27)18-15-16-24-20(17-18)19-9-3-6-12-23(19)28-24;1-14-12-16(9-10-18(14)19)22(21,15-6-3-2-4-7-15)17-8-5-11-20-13-17;1-14-12-16(9-10-18(14)19)21(15-6-3-2-4-7-15)17-8-5-11-20-13-17;1-6-4-2-3-5-7(6)8;6-5-2-1-3-7-4-5;/h4-30H,1-3H3;3-17,28H,1-2H3;2-13H,1H3;2-13H,1H3;3-5H,1H3;1-4H;/q;;;;-1;;+1. The molecule has 10 nitrogen and oxygen atoms in total. The van der Waals surface area contributed by atoms with Gasteiger partial charge in [0.2, 0.25) is 0 Å². The summed E-state index contributed by atoms with van der Waals surface area (Å²) in [6.45, 7) is 17.6. The third kappa shape index (κ3) is 19.9. The van der Waals surface area contributed by atoms with Gasteiger partial charge >= 0.3 is 18.9 Å². The molecular weight excluding hydrogens is 2000 g/mol. The first-order chi connectivity index (χ1) is 66.6. The molecule has 18 heteroatoms. The van der Waals surface area contributed by atoms with Crippen LogP contribution in [0.2, 0.25) is 0 Å². The summed E-state index contributed by atoms with van der Waals surface area (Å²) in [5.41, 5.74) is 22.8. The van der Waals surface area contributed by atoms with Crippen LogP contribution in [-0.4, -0.2) is 29.5 Å². The molecule has 3 atom stereocenters. The largest absolute Gasteiger partial charge is 1.00 e. The van der Waals surface area contributed by atoms with Crippen LogP contribution in [0.4, 0.5) is 34.1 Å². The Morgan fingerprint density at radius 1 is 0.312 bits per heavy atom. The van der Waals surface area contributed by atoms with E-state index in [0.717, 1.165) is 83.3 Å². The molecule has 3 unspecified atom stereocenters. The summed E-state index contributed by atoms with van der Waals surface area (Å²) >= 11 is 13.7. The molecule has 21 aromatic rings. The average Bonchev–Trinajstić information content (AvgIpc) is 1.73. The number of anilines is 6. The van der Waals surface area contributed by atoms with Gasteiger partial charge in [0, 0.05) is 161 Å². The number of pyridine rings is 4. The van der Waals surface area contributed by atoms with Gasteiger partial charge < -0.3 is 28.5 Å². The second kappa shape index (κ2) is 42.9. The molecule has 0 saturated heterocycles. The van der Waals surface area contributed by atoms with Gasteiger partial charge in [0.15, 0.2) is 14.3 Å². The van der Waals surface area contributed by atoms with Crippen LogP contribution in [0, 0.1) is 33.8 Å². The van der Waals surface area contributed by atoms with Gasteiger partial charge in [0.25, 0.3) is 0 Å². The van der Waals surface area contributed by atoms with Crippen molar-refractivity contribution < 1.29 is 28.0 Å². The van der Waals surface area contributed by atoms with E-state index in [-0.39, 0.29) is 29.7 Å². The fourth-order valence-corrected chi connectivity index (χ4v) is 27.2. The van der Waals surface area contributed by atoms with Gasteiger partial charge in [-0.15, -0.1) is 5.56 Å². The molecule has 0 aliphatic carbocycles. The first-order valence-corrected chi connectivity index (χ1v) is 53.2. The van der Waals surface area contributed by atoms with E-state index in [1.807, 2.05) is 172 Å². The SMILES string of the molecule is Brc1cccnc1.CC1(C)c2ccccc2N(c2ccc3[nH]c4ccccc4c3c2)c2ccccc21.Cc1c[c-]ccc1Br.Cc1cc(P(=O)(c2ccccc2)c2cccnc2)ccc1-n1c2ccccc2c2cc(N3c4ccccc4C(C)(C)c4ccccc43)ccc21.Cc1cc(P(=O)(c2ccccc2)c2cccnc2)ccc1Br.Cc1cc(P(c2ccccc2)c2cccnc2)ccc1Br.[Li+]. The van der Waals surface area contributed by atoms with Crippen LogP contribution in [0.15, 0.2) is 462 Å². The van der Waals surface area contributed by atoms with Crippen molar-refractivity contribution in [3.05, 3.63) is 512 Å². The monoisotopic (exact) mass is 2100 g/mol. The third-order valence-corrected chi connectivity index (χ3v) is 37.0. The predicted molar refractivity (Wildman–Crippen MR) is 593 cm³/mol. The van der Waals surface area contributed by atoms with Crippen LogP contribution in [0.1, 0.15) is 72.2 Å². The molecule has 6 aromatic heterocycles. The molecule has 138 heavy (non-hydrogen) atoms. The van der Waals surface area contributed by atoms with Gasteiger partial charge in [0.1, 0.15) is 0 Å². The summed E-state index contributed by atoms with van der Waals surface area (Å²) in [4.78, 5) is 25.0. The van der Waals surface area contributed by atoms with Crippen molar-refractivity contribution in [2.75, 3.05) is 9.80 Å². The summed E-state index contributed by atoms with van der Waals surface area (Å²) in [6, 6.07) is 139. The fourth-order valence-electron chi connectivity index (χ4n) is 18.5. The van der Waals surface area contributed by atoms with E-state index in [0.29, 0.717) is 0 Å². The number of aromatic amines is 1. The Balaban J connectivity index is 0.000000127. The van der Waals surface area contributed by atoms with Crippen molar-refractivity contribution in [1.82, 2.24) is 29.5 Å². The van der Waals surface area contributed by atoms with Crippen molar-refractivity contribution >= 4 is 211 Å². The van der Waals surface area contributed by atoms with Crippen molar-refractivity contribution in [3.8, 4) is 5.69 Å². The molecule has 0 saturated carbocycles. The number of hydrogen-bond donors (Lipinski definition) is 1. The molecule has 674 valence electrons. The Hall–Kier alpha value is -12.5. The van der Waals surface area contributed by atoms with Gasteiger partial charge in [0.05, 0.1) is 33.8 Å². The number of benzene rings is 15. The van der Waals surface area contributed by atoms with Crippen molar-refractivity contribution in [2.24, 2.45) is 0 Å². The maximum atomic E-state index is 15.1. The minimum absolute atomic E-state index is 0. The van der Waals surface area contributed by atoms with Gasteiger partial charge in [-0.2, -0.15) is 24.3 Å². The van der Waals surface area contributed by atoms with Gasteiger partial charge in [-0.05, 0) is 258 Å². The summed E-state index contributed by atoms with van der Waals surface area (Å²) < 4.78 is 35.9. The van der Waals surface area contributed by atoms with Crippen molar-refractivity contribution in [1.29, 1.82) is 0 Å². The smallest absolute Gasteiger partial charge is 0.355 e. The van der Waals surface area contributed by atoms with E-state index in [4.69, 9.17) is 0 Å². The molecule has 8 heterocycles. The number of aromatic nitrogens is 6. The average molecular weight is 2100 g/mol. The number of rotatable bonds is 12. The van der Waals surface area contributed by atoms with E-state index < -0.39 is 22.2 Å². The zero-order valence-corrected chi connectivity index (χ0v) is 87.0. The van der Waals surface area contributed by atoms with Crippen LogP contribution in [0.5, 0.6) is 0 Å². The molecule has 23 rings (SSSR count). The second-order valence-corrected chi connectivity index (χ2v) is 46.1. The third-order valence-electron chi connectivity index (χ3n) is 25.4. The molecule has 1 N–H and O–H groups in total. The molecule has 15 aromatic carbocycles. The molecule has 2 aliphatic heterocycles. The topological polar surface area (TPSA) is 113 Å². The summed E-state index contributed by atoms with van der Waals surface area (Å²) in [7, 11) is -6.62. The summed E-state index contributed by atoms with van der Waals surface area (Å²) in [5.74, 6) is 0. The number of fused-ring (bicyclic) bond motifs is 10. The zero-order valence-electron chi connectivity index (χ0n) is 77.9. The number of H-pyrrole nitrogens is 1. The zero-order chi connectivity index (χ0) is 95.0. The minimum Gasteiger partial charge on any atom is -0.355 e. The Kier molecular flexibility index (Phi) is 30.2. The molecule has 0 spiro atoms. The number of nitrogens with zero attached hydrogens (tertiary/aromatic N) is 7. The quantitative estimate of drug-likeness (QED) is 0.0731. The van der Waals surface area contributed by atoms with Gasteiger partial charge in [-0.3, -0.25) is 19.9 Å². The van der Waals surface area contributed by atoms with E-state index in [9.17, 15) is 4.57 Å². The Labute approximate surface area is 855 Å². The second-order valence-electron chi connectivity index (χ2n) is 34.8. The number of hydrogen-bond acceptors (Lipinski definition) is 8. The summed E-state index contributed by atoms with van der Waals surface area (Å²) in [6.07, 6.45) is 14.2. The minimum atomic E-state index is -3.16.